The first-order chi connectivity index (χ1) is 14.0. The summed E-state index contributed by atoms with van der Waals surface area (Å²) in [5, 5.41) is 2.93. The summed E-state index contributed by atoms with van der Waals surface area (Å²) in [7, 11) is 1.56. The number of hydrogen-bond donors (Lipinski definition) is 1. The number of carbonyl (C=O) groups excluding carboxylic acids is 2. The monoisotopic (exact) mass is 395 g/mol. The Bertz CT molecular complexity index is 856. The Balaban J connectivity index is 1.61. The van der Waals surface area contributed by atoms with Gasteiger partial charge in [0.1, 0.15) is 5.75 Å². The molecule has 0 aromatic heterocycles. The largest absolute Gasteiger partial charge is 0.496 e. The third-order valence-electron chi connectivity index (χ3n) is 5.37. The van der Waals surface area contributed by atoms with Crippen LogP contribution in [-0.4, -0.2) is 56.4 Å². The van der Waals surface area contributed by atoms with Crippen molar-refractivity contribution in [1.29, 1.82) is 0 Å². The number of ether oxygens (including phenoxy) is 1. The predicted molar refractivity (Wildman–Crippen MR) is 116 cm³/mol. The average Bonchev–Trinajstić information content (AvgIpc) is 2.74. The average molecular weight is 396 g/mol. The fourth-order valence-electron chi connectivity index (χ4n) is 3.59. The molecule has 0 saturated carbocycles. The van der Waals surface area contributed by atoms with Gasteiger partial charge in [0.15, 0.2) is 5.78 Å². The van der Waals surface area contributed by atoms with Crippen molar-refractivity contribution in [2.75, 3.05) is 50.1 Å². The lowest BCUT2D eigenvalue weighted by molar-refractivity contribution is -0.115. The first-order valence-electron chi connectivity index (χ1n) is 10.0. The van der Waals surface area contributed by atoms with Crippen molar-refractivity contribution in [2.45, 2.75) is 20.3 Å². The van der Waals surface area contributed by atoms with E-state index < -0.39 is 0 Å². The van der Waals surface area contributed by atoms with Gasteiger partial charge in [-0.25, -0.2) is 0 Å². The van der Waals surface area contributed by atoms with Crippen LogP contribution in [-0.2, 0) is 11.2 Å². The molecule has 29 heavy (non-hydrogen) atoms. The molecule has 1 saturated heterocycles. The molecule has 154 valence electrons. The van der Waals surface area contributed by atoms with E-state index in [2.05, 4.69) is 22.0 Å². The number of nitrogens with one attached hydrogen (secondary N) is 1. The van der Waals surface area contributed by atoms with Crippen LogP contribution in [0, 0.1) is 0 Å². The molecule has 1 N–H and O–H groups in total. The summed E-state index contributed by atoms with van der Waals surface area (Å²) in [6, 6.07) is 13.1. The SMILES string of the molecule is CCN1CCN(c2ccc(NC(=O)Cc3cc(C(C)=O)ccc3OC)cc2)CC1. The first kappa shape index (κ1) is 20.9. The Labute approximate surface area is 172 Å². The summed E-state index contributed by atoms with van der Waals surface area (Å²) in [6.45, 7) is 9.00. The van der Waals surface area contributed by atoms with Crippen LogP contribution in [0.1, 0.15) is 29.8 Å². The van der Waals surface area contributed by atoms with Crippen molar-refractivity contribution in [1.82, 2.24) is 4.90 Å². The van der Waals surface area contributed by atoms with E-state index in [0.29, 0.717) is 16.9 Å². The van der Waals surface area contributed by atoms with Crippen molar-refractivity contribution in [2.24, 2.45) is 0 Å². The number of benzene rings is 2. The summed E-state index contributed by atoms with van der Waals surface area (Å²) in [5.41, 5.74) is 3.20. The summed E-state index contributed by atoms with van der Waals surface area (Å²) in [4.78, 5) is 29.0. The van der Waals surface area contributed by atoms with Gasteiger partial charge in [0.25, 0.3) is 0 Å². The van der Waals surface area contributed by atoms with Gasteiger partial charge < -0.3 is 19.9 Å². The van der Waals surface area contributed by atoms with Gasteiger partial charge in [0.2, 0.25) is 5.91 Å². The van der Waals surface area contributed by atoms with E-state index in [4.69, 9.17) is 4.74 Å². The molecular formula is C23H29N3O3. The minimum atomic E-state index is -0.145. The van der Waals surface area contributed by atoms with Crippen molar-refractivity contribution in [3.05, 3.63) is 53.6 Å². The maximum atomic E-state index is 12.5. The number of carbonyl (C=O) groups is 2. The summed E-state index contributed by atoms with van der Waals surface area (Å²) < 4.78 is 5.33. The van der Waals surface area contributed by atoms with Gasteiger partial charge in [-0.2, -0.15) is 0 Å². The van der Waals surface area contributed by atoms with E-state index in [0.717, 1.165) is 38.4 Å². The number of amides is 1. The number of rotatable bonds is 7. The minimum Gasteiger partial charge on any atom is -0.496 e. The molecule has 0 aliphatic carbocycles. The van der Waals surface area contributed by atoms with Crippen molar-refractivity contribution in [3.8, 4) is 5.75 Å². The third-order valence-corrected chi connectivity index (χ3v) is 5.37. The van der Waals surface area contributed by atoms with Gasteiger partial charge in [0, 0.05) is 48.7 Å². The lowest BCUT2D eigenvalue weighted by Crippen LogP contribution is -2.46. The second-order valence-corrected chi connectivity index (χ2v) is 7.28. The first-order valence-corrected chi connectivity index (χ1v) is 10.0. The van der Waals surface area contributed by atoms with E-state index in [1.165, 1.54) is 12.6 Å². The van der Waals surface area contributed by atoms with Gasteiger partial charge in [-0.05, 0) is 55.9 Å². The number of ketones is 1. The smallest absolute Gasteiger partial charge is 0.228 e. The maximum absolute atomic E-state index is 12.5. The molecule has 6 nitrogen and oxygen atoms in total. The van der Waals surface area contributed by atoms with Gasteiger partial charge in [-0.15, -0.1) is 0 Å². The molecule has 0 spiro atoms. The standard InChI is InChI=1S/C23H29N3O3/c1-4-25-11-13-26(14-12-25)21-8-6-20(7-9-21)24-23(28)16-19-15-18(17(2)27)5-10-22(19)29-3/h5-10,15H,4,11-14,16H2,1-3H3,(H,24,28). The number of methoxy groups -OCH3 is 1. The van der Waals surface area contributed by atoms with Crippen LogP contribution >= 0.6 is 0 Å². The van der Waals surface area contributed by atoms with Gasteiger partial charge in [-0.3, -0.25) is 9.59 Å². The van der Waals surface area contributed by atoms with Crippen LogP contribution in [0.5, 0.6) is 5.75 Å². The highest BCUT2D eigenvalue weighted by molar-refractivity contribution is 5.96. The molecule has 1 aliphatic rings. The molecule has 2 aromatic rings. The number of nitrogens with zero attached hydrogens (tertiary/aromatic N) is 2. The zero-order valence-corrected chi connectivity index (χ0v) is 17.4. The number of hydrogen-bond acceptors (Lipinski definition) is 5. The molecule has 0 atom stereocenters. The zero-order chi connectivity index (χ0) is 20.8. The third kappa shape index (κ3) is 5.35. The molecule has 3 rings (SSSR count). The summed E-state index contributed by atoms with van der Waals surface area (Å²) >= 11 is 0. The van der Waals surface area contributed by atoms with Gasteiger partial charge >= 0.3 is 0 Å². The van der Waals surface area contributed by atoms with E-state index >= 15 is 0 Å². The fourth-order valence-corrected chi connectivity index (χ4v) is 3.59. The number of Topliss-reactive ketones (excluding diaryl/α,β-unsaturated/α-hetero) is 1. The van der Waals surface area contributed by atoms with Crippen LogP contribution in [0.25, 0.3) is 0 Å². The van der Waals surface area contributed by atoms with Crippen LogP contribution in [0.2, 0.25) is 0 Å². The van der Waals surface area contributed by atoms with Crippen LogP contribution in [0.4, 0.5) is 11.4 Å². The highest BCUT2D eigenvalue weighted by Crippen LogP contribution is 2.23. The van der Waals surface area contributed by atoms with E-state index in [1.807, 2.05) is 24.3 Å². The van der Waals surface area contributed by atoms with Gasteiger partial charge in [-0.1, -0.05) is 6.92 Å². The van der Waals surface area contributed by atoms with E-state index in [1.54, 1.807) is 25.3 Å². The van der Waals surface area contributed by atoms with Crippen LogP contribution < -0.4 is 15.0 Å². The number of likely N-dealkylation sites (N-methyl/N-ethyl adjacent to an activating group) is 1. The van der Waals surface area contributed by atoms with Gasteiger partial charge in [0.05, 0.1) is 13.5 Å². The topological polar surface area (TPSA) is 61.9 Å². The van der Waals surface area contributed by atoms with E-state index in [9.17, 15) is 9.59 Å². The van der Waals surface area contributed by atoms with Crippen LogP contribution in [0.15, 0.2) is 42.5 Å². The second kappa shape index (κ2) is 9.56. The predicted octanol–water partition coefficient (Wildman–Crippen LogP) is 3.22. The summed E-state index contributed by atoms with van der Waals surface area (Å²) in [6.07, 6.45) is 0.144. The summed E-state index contributed by atoms with van der Waals surface area (Å²) in [5.74, 6) is 0.421. The zero-order valence-electron chi connectivity index (χ0n) is 17.4. The quantitative estimate of drug-likeness (QED) is 0.730. The molecule has 1 aliphatic heterocycles. The Kier molecular flexibility index (Phi) is 6.88. The lowest BCUT2D eigenvalue weighted by Gasteiger charge is -2.35. The number of piperazine rings is 1. The van der Waals surface area contributed by atoms with Crippen molar-refractivity contribution >= 4 is 23.1 Å². The molecule has 0 unspecified atom stereocenters. The normalized spacial score (nSPS) is 14.5. The molecule has 1 amide bonds. The highest BCUT2D eigenvalue weighted by Gasteiger charge is 2.16. The van der Waals surface area contributed by atoms with Crippen LogP contribution in [0.3, 0.4) is 0 Å². The fraction of sp³-hybridized carbons (Fsp3) is 0.391. The molecule has 2 aromatic carbocycles. The molecule has 1 fully saturated rings. The van der Waals surface area contributed by atoms with Crippen molar-refractivity contribution < 1.29 is 14.3 Å². The Morgan fingerprint density at radius 3 is 2.31 bits per heavy atom. The Hall–Kier alpha value is -2.86. The molecule has 1 heterocycles. The van der Waals surface area contributed by atoms with Crippen molar-refractivity contribution in [3.63, 3.8) is 0 Å². The molecule has 0 radical (unpaired) electrons. The minimum absolute atomic E-state index is 0.0373. The second-order valence-electron chi connectivity index (χ2n) is 7.28. The highest BCUT2D eigenvalue weighted by atomic mass is 16.5. The molecule has 0 bridgehead atoms. The Morgan fingerprint density at radius 1 is 1.03 bits per heavy atom. The molecular weight excluding hydrogens is 366 g/mol. The van der Waals surface area contributed by atoms with E-state index in [-0.39, 0.29) is 18.1 Å². The number of anilines is 2. The Morgan fingerprint density at radius 2 is 1.72 bits per heavy atom. The molecule has 6 heteroatoms. The maximum Gasteiger partial charge on any atom is 0.228 e. The lowest BCUT2D eigenvalue weighted by atomic mass is 10.0.